The smallest absolute Gasteiger partial charge is 0.180 e. The summed E-state index contributed by atoms with van der Waals surface area (Å²) in [6.45, 7) is 6.61. The molecule has 0 fully saturated rings. The number of hydrogen-bond donors (Lipinski definition) is 2. The Morgan fingerprint density at radius 1 is 0.970 bits per heavy atom. The van der Waals surface area contributed by atoms with Gasteiger partial charge < -0.3 is 19.8 Å². The Hall–Kier alpha value is -2.66. The quantitative estimate of drug-likeness (QED) is 0.241. The van der Waals surface area contributed by atoms with Gasteiger partial charge in [0.2, 0.25) is 0 Å². The monoisotopic (exact) mass is 484 g/mol. The van der Waals surface area contributed by atoms with Crippen LogP contribution in [0.25, 0.3) is 10.9 Å². The van der Waals surface area contributed by atoms with Gasteiger partial charge in [0, 0.05) is 23.6 Å². The molecule has 0 unspecified atom stereocenters. The van der Waals surface area contributed by atoms with Gasteiger partial charge in [0.1, 0.15) is 6.61 Å². The van der Waals surface area contributed by atoms with Crippen molar-refractivity contribution in [3.63, 3.8) is 0 Å². The lowest BCUT2D eigenvalue weighted by Gasteiger charge is -2.16. The first-order chi connectivity index (χ1) is 15.6. The molecule has 0 spiro atoms. The Morgan fingerprint density at radius 2 is 1.76 bits per heavy atom. The second kappa shape index (κ2) is 12.0. The van der Waals surface area contributed by atoms with Crippen LogP contribution in [0.4, 0.5) is 0 Å². The number of para-hydroxylation sites is 1. The van der Waals surface area contributed by atoms with E-state index in [1.54, 1.807) is 0 Å². The van der Waals surface area contributed by atoms with E-state index in [2.05, 4.69) is 72.0 Å². The van der Waals surface area contributed by atoms with E-state index in [0.29, 0.717) is 36.3 Å². The zero-order chi connectivity index (χ0) is 22.3. The molecule has 4 rings (SSSR count). The largest absolute Gasteiger partial charge is 0.490 e. The van der Waals surface area contributed by atoms with Gasteiger partial charge in [-0.15, -0.1) is 12.4 Å². The lowest BCUT2D eigenvalue weighted by molar-refractivity contribution is 0.269. The first-order valence-electron chi connectivity index (χ1n) is 11.0. The summed E-state index contributed by atoms with van der Waals surface area (Å²) in [5.74, 6) is 1.28. The first-order valence-corrected chi connectivity index (χ1v) is 11.4. The first kappa shape index (κ1) is 25.0. The van der Waals surface area contributed by atoms with E-state index in [9.17, 15) is 0 Å². The Bertz CT molecular complexity index is 1170. The summed E-state index contributed by atoms with van der Waals surface area (Å²) in [5.41, 5.74) is 5.89. The summed E-state index contributed by atoms with van der Waals surface area (Å²) < 4.78 is 11.9. The molecular formula is C27H30Cl2N2O2. The van der Waals surface area contributed by atoms with E-state index in [0.717, 1.165) is 24.1 Å². The number of benzene rings is 3. The van der Waals surface area contributed by atoms with Gasteiger partial charge >= 0.3 is 0 Å². The summed E-state index contributed by atoms with van der Waals surface area (Å²) in [4.78, 5) is 3.33. The fraction of sp³-hybridized carbons (Fsp3) is 0.259. The van der Waals surface area contributed by atoms with Gasteiger partial charge in [-0.3, -0.25) is 0 Å². The predicted octanol–water partition coefficient (Wildman–Crippen LogP) is 6.86. The van der Waals surface area contributed by atoms with Crippen molar-refractivity contribution >= 4 is 34.9 Å². The minimum absolute atomic E-state index is 0. The zero-order valence-corrected chi connectivity index (χ0v) is 20.6. The molecule has 4 nitrogen and oxygen atoms in total. The van der Waals surface area contributed by atoms with Gasteiger partial charge in [-0.05, 0) is 61.7 Å². The highest BCUT2D eigenvalue weighted by atomic mass is 35.5. The van der Waals surface area contributed by atoms with Crippen LogP contribution in [0.5, 0.6) is 11.5 Å². The van der Waals surface area contributed by atoms with Gasteiger partial charge in [-0.1, -0.05) is 59.6 Å². The third-order valence-electron chi connectivity index (χ3n) is 5.45. The minimum atomic E-state index is 0. The molecule has 1 aromatic heterocycles. The molecule has 0 atom stereocenters. The number of H-pyrrole nitrogens is 1. The zero-order valence-electron chi connectivity index (χ0n) is 19.0. The summed E-state index contributed by atoms with van der Waals surface area (Å²) >= 11 is 6.58. The Balaban J connectivity index is 0.00000306. The molecule has 6 heteroatoms. The number of hydrogen-bond acceptors (Lipinski definition) is 3. The van der Waals surface area contributed by atoms with E-state index in [1.165, 1.54) is 22.0 Å². The molecular weight excluding hydrogens is 455 g/mol. The van der Waals surface area contributed by atoms with Crippen LogP contribution in [0.2, 0.25) is 5.02 Å². The van der Waals surface area contributed by atoms with Crippen molar-refractivity contribution in [1.29, 1.82) is 0 Å². The molecule has 0 aliphatic rings. The van der Waals surface area contributed by atoms with Crippen molar-refractivity contribution in [3.05, 3.63) is 94.1 Å². The standard InChI is InChI=1S/C27H29ClN2O2.ClH/c1-3-31-26-15-21(14-24(28)27(26)32-18-20-10-8-19(2)9-11-20)16-29-13-12-22-17-30-25-7-5-4-6-23(22)25;/h4-11,14-15,17,29-30H,3,12-13,16,18H2,1-2H3;1H. The van der Waals surface area contributed by atoms with Crippen LogP contribution in [0.15, 0.2) is 66.9 Å². The van der Waals surface area contributed by atoms with Crippen molar-refractivity contribution in [2.24, 2.45) is 0 Å². The second-order valence-corrected chi connectivity index (χ2v) is 8.31. The molecule has 0 radical (unpaired) electrons. The lowest BCUT2D eigenvalue weighted by Crippen LogP contribution is -2.16. The maximum atomic E-state index is 6.58. The van der Waals surface area contributed by atoms with Crippen LogP contribution in [0.3, 0.4) is 0 Å². The number of nitrogens with one attached hydrogen (secondary N) is 2. The summed E-state index contributed by atoms with van der Waals surface area (Å²) in [6.07, 6.45) is 3.05. The fourth-order valence-corrected chi connectivity index (χ4v) is 4.05. The van der Waals surface area contributed by atoms with Gasteiger partial charge in [0.25, 0.3) is 0 Å². The van der Waals surface area contributed by atoms with Gasteiger partial charge in [0.05, 0.1) is 11.6 Å². The Morgan fingerprint density at radius 3 is 2.55 bits per heavy atom. The fourth-order valence-electron chi connectivity index (χ4n) is 3.76. The van der Waals surface area contributed by atoms with Crippen LogP contribution in [0, 0.1) is 6.92 Å². The maximum Gasteiger partial charge on any atom is 0.180 e. The maximum absolute atomic E-state index is 6.58. The van der Waals surface area contributed by atoms with Crippen molar-refractivity contribution in [3.8, 4) is 11.5 Å². The van der Waals surface area contributed by atoms with Crippen LogP contribution >= 0.6 is 24.0 Å². The van der Waals surface area contributed by atoms with Gasteiger partial charge in [-0.25, -0.2) is 0 Å². The molecule has 33 heavy (non-hydrogen) atoms. The van der Waals surface area contributed by atoms with E-state index >= 15 is 0 Å². The van der Waals surface area contributed by atoms with E-state index in [-0.39, 0.29) is 12.4 Å². The average Bonchev–Trinajstić information content (AvgIpc) is 3.21. The Kier molecular flexibility index (Phi) is 9.07. The highest BCUT2D eigenvalue weighted by molar-refractivity contribution is 6.32. The number of aromatic amines is 1. The number of halogens is 2. The van der Waals surface area contributed by atoms with Crippen LogP contribution in [0.1, 0.15) is 29.2 Å². The number of ether oxygens (including phenoxy) is 2. The predicted molar refractivity (Wildman–Crippen MR) is 139 cm³/mol. The summed E-state index contributed by atoms with van der Waals surface area (Å²) in [5, 5.41) is 5.36. The molecule has 0 aliphatic carbocycles. The van der Waals surface area contributed by atoms with Crippen LogP contribution in [-0.2, 0) is 19.6 Å². The number of aromatic nitrogens is 1. The van der Waals surface area contributed by atoms with Crippen molar-refractivity contribution in [1.82, 2.24) is 10.3 Å². The van der Waals surface area contributed by atoms with Crippen LogP contribution < -0.4 is 14.8 Å². The van der Waals surface area contributed by atoms with Gasteiger partial charge in [0.15, 0.2) is 11.5 Å². The molecule has 0 saturated heterocycles. The molecule has 4 aromatic rings. The van der Waals surface area contributed by atoms with Crippen molar-refractivity contribution in [2.75, 3.05) is 13.2 Å². The van der Waals surface area contributed by atoms with Crippen LogP contribution in [-0.4, -0.2) is 18.1 Å². The van der Waals surface area contributed by atoms with Crippen molar-refractivity contribution in [2.45, 2.75) is 33.4 Å². The number of rotatable bonds is 10. The summed E-state index contributed by atoms with van der Waals surface area (Å²) in [7, 11) is 0. The molecule has 0 bridgehead atoms. The summed E-state index contributed by atoms with van der Waals surface area (Å²) in [6, 6.07) is 20.6. The molecule has 3 aromatic carbocycles. The average molecular weight is 485 g/mol. The van der Waals surface area contributed by atoms with E-state index in [4.69, 9.17) is 21.1 Å². The highest BCUT2D eigenvalue weighted by Gasteiger charge is 2.13. The normalized spacial score (nSPS) is 10.8. The third kappa shape index (κ3) is 6.44. The van der Waals surface area contributed by atoms with Crippen molar-refractivity contribution < 1.29 is 9.47 Å². The SMILES string of the molecule is CCOc1cc(CNCCc2c[nH]c3ccccc23)cc(Cl)c1OCc1ccc(C)cc1.Cl. The Labute approximate surface area is 206 Å². The lowest BCUT2D eigenvalue weighted by atomic mass is 10.1. The number of aryl methyl sites for hydroxylation is 1. The second-order valence-electron chi connectivity index (χ2n) is 7.90. The minimum Gasteiger partial charge on any atom is -0.490 e. The molecule has 0 amide bonds. The molecule has 1 heterocycles. The molecule has 2 N–H and O–H groups in total. The highest BCUT2D eigenvalue weighted by Crippen LogP contribution is 2.37. The van der Waals surface area contributed by atoms with E-state index < -0.39 is 0 Å². The number of fused-ring (bicyclic) bond motifs is 1. The molecule has 0 aliphatic heterocycles. The molecule has 174 valence electrons. The molecule has 0 saturated carbocycles. The van der Waals surface area contributed by atoms with E-state index in [1.807, 2.05) is 19.1 Å². The van der Waals surface area contributed by atoms with Gasteiger partial charge in [-0.2, -0.15) is 0 Å². The topological polar surface area (TPSA) is 46.3 Å². The third-order valence-corrected chi connectivity index (χ3v) is 5.73.